The summed E-state index contributed by atoms with van der Waals surface area (Å²) in [5.74, 6) is 0.671. The molecule has 0 aliphatic heterocycles. The molecule has 0 bridgehead atoms. The van der Waals surface area contributed by atoms with Crippen LogP contribution in [0.1, 0.15) is 30.9 Å². The molecule has 2 unspecified atom stereocenters. The van der Waals surface area contributed by atoms with E-state index < -0.39 is 0 Å². The Labute approximate surface area is 163 Å². The third kappa shape index (κ3) is 5.20. The second-order valence-electron chi connectivity index (χ2n) is 6.56. The highest BCUT2D eigenvalue weighted by Crippen LogP contribution is 2.26. The van der Waals surface area contributed by atoms with Gasteiger partial charge in [-0.15, -0.1) is 10.2 Å². The molecule has 5 nitrogen and oxygen atoms in total. The van der Waals surface area contributed by atoms with Gasteiger partial charge in [-0.05, 0) is 37.5 Å². The molecule has 0 radical (unpaired) electrons. The van der Waals surface area contributed by atoms with E-state index in [-0.39, 0.29) is 17.1 Å². The van der Waals surface area contributed by atoms with Crippen LogP contribution in [0.3, 0.4) is 0 Å². The number of aromatic nitrogens is 2. The maximum atomic E-state index is 12.4. The third-order valence-electron chi connectivity index (χ3n) is 4.30. The quantitative estimate of drug-likeness (QED) is 0.613. The van der Waals surface area contributed by atoms with Gasteiger partial charge in [-0.2, -0.15) is 0 Å². The van der Waals surface area contributed by atoms with Crippen molar-refractivity contribution in [3.05, 3.63) is 65.7 Å². The van der Waals surface area contributed by atoms with Crippen molar-refractivity contribution in [3.8, 4) is 11.5 Å². The van der Waals surface area contributed by atoms with Crippen molar-refractivity contribution in [1.82, 2.24) is 15.5 Å². The van der Waals surface area contributed by atoms with E-state index in [2.05, 4.69) is 34.6 Å². The molecule has 1 aromatic heterocycles. The zero-order valence-electron chi connectivity index (χ0n) is 15.7. The number of nitrogens with one attached hydrogen (secondary N) is 1. The topological polar surface area (TPSA) is 68.0 Å². The smallest absolute Gasteiger partial charge is 0.277 e. The fourth-order valence-corrected chi connectivity index (χ4v) is 3.28. The van der Waals surface area contributed by atoms with Crippen molar-refractivity contribution in [1.29, 1.82) is 0 Å². The lowest BCUT2D eigenvalue weighted by Gasteiger charge is -2.15. The summed E-state index contributed by atoms with van der Waals surface area (Å²) in [6, 6.07) is 18.0. The summed E-state index contributed by atoms with van der Waals surface area (Å²) in [5.41, 5.74) is 3.24. The molecule has 140 valence electrons. The van der Waals surface area contributed by atoms with E-state index in [9.17, 15) is 4.79 Å². The SMILES string of the molecule is Cc1ccc(-c2nnc(SC(C)C(=O)NCC(C)c3ccccc3)o2)cc1. The molecule has 1 heterocycles. The number of carbonyl (C=O) groups excluding carboxylic acids is 1. The standard InChI is InChI=1S/C21H23N3O2S/c1-14-9-11-18(12-10-14)20-23-24-21(26-20)27-16(3)19(25)22-13-15(2)17-7-5-4-6-8-17/h4-12,15-16H,13H2,1-3H3,(H,22,25). The highest BCUT2D eigenvalue weighted by atomic mass is 32.2. The van der Waals surface area contributed by atoms with Gasteiger partial charge in [-0.25, -0.2) is 0 Å². The van der Waals surface area contributed by atoms with Crippen LogP contribution in [-0.4, -0.2) is 27.9 Å². The van der Waals surface area contributed by atoms with E-state index in [1.807, 2.05) is 56.3 Å². The number of thioether (sulfide) groups is 1. The second-order valence-corrected chi connectivity index (χ2v) is 7.85. The number of rotatable bonds is 7. The van der Waals surface area contributed by atoms with E-state index in [1.54, 1.807) is 0 Å². The minimum Gasteiger partial charge on any atom is -0.411 e. The molecule has 0 aliphatic carbocycles. The van der Waals surface area contributed by atoms with Crippen molar-refractivity contribution in [2.45, 2.75) is 37.2 Å². The zero-order chi connectivity index (χ0) is 19.2. The maximum Gasteiger partial charge on any atom is 0.277 e. The first kappa shape index (κ1) is 19.2. The van der Waals surface area contributed by atoms with Crippen molar-refractivity contribution < 1.29 is 9.21 Å². The molecule has 0 spiro atoms. The molecule has 1 N–H and O–H groups in total. The molecule has 6 heteroatoms. The first-order chi connectivity index (χ1) is 13.0. The number of carbonyl (C=O) groups is 1. The Hall–Kier alpha value is -2.60. The predicted molar refractivity (Wildman–Crippen MR) is 108 cm³/mol. The number of aryl methyl sites for hydroxylation is 1. The van der Waals surface area contributed by atoms with Crippen LogP contribution in [0.25, 0.3) is 11.5 Å². The molecule has 3 aromatic rings. The summed E-state index contributed by atoms with van der Waals surface area (Å²) >= 11 is 1.27. The third-order valence-corrected chi connectivity index (χ3v) is 5.24. The Bertz CT molecular complexity index is 878. The fourth-order valence-electron chi connectivity index (χ4n) is 2.57. The summed E-state index contributed by atoms with van der Waals surface area (Å²) in [7, 11) is 0. The van der Waals surface area contributed by atoms with Gasteiger partial charge >= 0.3 is 0 Å². The molecule has 0 aliphatic rings. The molecule has 2 atom stereocenters. The van der Waals surface area contributed by atoms with Crippen LogP contribution in [0.2, 0.25) is 0 Å². The van der Waals surface area contributed by atoms with E-state index in [4.69, 9.17) is 4.42 Å². The Kier molecular flexibility index (Phi) is 6.29. The molecule has 0 fully saturated rings. The number of hydrogen-bond donors (Lipinski definition) is 1. The lowest BCUT2D eigenvalue weighted by atomic mass is 10.0. The van der Waals surface area contributed by atoms with Gasteiger partial charge in [0.1, 0.15) is 0 Å². The Morgan fingerprint density at radius 3 is 2.48 bits per heavy atom. The van der Waals surface area contributed by atoms with Gasteiger partial charge < -0.3 is 9.73 Å². The Balaban J connectivity index is 1.53. The summed E-state index contributed by atoms with van der Waals surface area (Å²) in [6.45, 7) is 6.55. The van der Waals surface area contributed by atoms with Crippen LogP contribution in [0.15, 0.2) is 64.2 Å². The Morgan fingerprint density at radius 1 is 1.07 bits per heavy atom. The van der Waals surface area contributed by atoms with E-state index >= 15 is 0 Å². The summed E-state index contributed by atoms with van der Waals surface area (Å²) in [5, 5.41) is 11.2. The van der Waals surface area contributed by atoms with Crippen LogP contribution >= 0.6 is 11.8 Å². The molecule has 1 amide bonds. The highest BCUT2D eigenvalue weighted by molar-refractivity contribution is 8.00. The zero-order valence-corrected chi connectivity index (χ0v) is 16.5. The van der Waals surface area contributed by atoms with Crippen LogP contribution in [0.4, 0.5) is 0 Å². The lowest BCUT2D eigenvalue weighted by Crippen LogP contribution is -2.33. The maximum absolute atomic E-state index is 12.4. The largest absolute Gasteiger partial charge is 0.411 e. The summed E-state index contributed by atoms with van der Waals surface area (Å²) in [4.78, 5) is 12.4. The predicted octanol–water partition coefficient (Wildman–Crippen LogP) is 4.45. The number of amides is 1. The van der Waals surface area contributed by atoms with Crippen molar-refractivity contribution in [3.63, 3.8) is 0 Å². The van der Waals surface area contributed by atoms with Gasteiger partial charge in [0.2, 0.25) is 11.8 Å². The van der Waals surface area contributed by atoms with Gasteiger partial charge in [0.25, 0.3) is 5.22 Å². The molecule has 2 aromatic carbocycles. The molecule has 0 saturated heterocycles. The lowest BCUT2D eigenvalue weighted by molar-refractivity contribution is -0.120. The first-order valence-corrected chi connectivity index (χ1v) is 9.80. The van der Waals surface area contributed by atoms with Crippen LogP contribution in [0.5, 0.6) is 0 Å². The number of nitrogens with zero attached hydrogens (tertiary/aromatic N) is 2. The van der Waals surface area contributed by atoms with Gasteiger partial charge in [0.05, 0.1) is 5.25 Å². The summed E-state index contributed by atoms with van der Waals surface area (Å²) < 4.78 is 5.69. The first-order valence-electron chi connectivity index (χ1n) is 8.93. The molecular formula is C21H23N3O2S. The van der Waals surface area contributed by atoms with E-state index in [1.165, 1.54) is 22.9 Å². The minimum atomic E-state index is -0.320. The van der Waals surface area contributed by atoms with E-state index in [0.29, 0.717) is 17.7 Å². The van der Waals surface area contributed by atoms with Gasteiger partial charge in [0, 0.05) is 12.1 Å². The molecule has 0 saturated carbocycles. The van der Waals surface area contributed by atoms with E-state index in [0.717, 1.165) is 5.56 Å². The second kappa shape index (κ2) is 8.86. The van der Waals surface area contributed by atoms with Crippen molar-refractivity contribution in [2.24, 2.45) is 0 Å². The molecule has 27 heavy (non-hydrogen) atoms. The van der Waals surface area contributed by atoms with Crippen LogP contribution in [0, 0.1) is 6.92 Å². The highest BCUT2D eigenvalue weighted by Gasteiger charge is 2.19. The fraction of sp³-hybridized carbons (Fsp3) is 0.286. The number of hydrogen-bond acceptors (Lipinski definition) is 5. The van der Waals surface area contributed by atoms with Crippen LogP contribution in [-0.2, 0) is 4.79 Å². The van der Waals surface area contributed by atoms with Gasteiger partial charge in [-0.3, -0.25) is 4.79 Å². The van der Waals surface area contributed by atoms with Crippen molar-refractivity contribution in [2.75, 3.05) is 6.54 Å². The van der Waals surface area contributed by atoms with Crippen molar-refractivity contribution >= 4 is 17.7 Å². The molecular weight excluding hydrogens is 358 g/mol. The normalized spacial score (nSPS) is 13.1. The Morgan fingerprint density at radius 2 is 1.78 bits per heavy atom. The van der Waals surface area contributed by atoms with Crippen LogP contribution < -0.4 is 5.32 Å². The average Bonchev–Trinajstić information content (AvgIpc) is 3.15. The number of benzene rings is 2. The van der Waals surface area contributed by atoms with Gasteiger partial charge in [-0.1, -0.05) is 66.7 Å². The minimum absolute atomic E-state index is 0.0436. The average molecular weight is 382 g/mol. The summed E-state index contributed by atoms with van der Waals surface area (Å²) in [6.07, 6.45) is 0. The van der Waals surface area contributed by atoms with Gasteiger partial charge in [0.15, 0.2) is 0 Å². The molecule has 3 rings (SSSR count). The monoisotopic (exact) mass is 381 g/mol.